The van der Waals surface area contributed by atoms with E-state index in [4.69, 9.17) is 14.5 Å². The van der Waals surface area contributed by atoms with Gasteiger partial charge in [0, 0.05) is 75.8 Å². The Labute approximate surface area is 432 Å². The number of imide groups is 1. The van der Waals surface area contributed by atoms with E-state index in [0.29, 0.717) is 60.9 Å². The summed E-state index contributed by atoms with van der Waals surface area (Å²) in [5.41, 5.74) is 2.06. The number of amides is 3. The highest BCUT2D eigenvalue weighted by Crippen LogP contribution is 2.42. The van der Waals surface area contributed by atoms with Crippen LogP contribution >= 0.6 is 11.3 Å². The lowest BCUT2D eigenvalue weighted by Crippen LogP contribution is -2.47. The van der Waals surface area contributed by atoms with Crippen LogP contribution in [0.25, 0.3) is 32.4 Å². The number of halogens is 3. The van der Waals surface area contributed by atoms with Gasteiger partial charge in [-0.1, -0.05) is 47.7 Å². The molecule has 386 valence electrons. The Kier molecular flexibility index (Phi) is 13.5. The van der Waals surface area contributed by atoms with Crippen molar-refractivity contribution in [3.63, 3.8) is 0 Å². The van der Waals surface area contributed by atoms with E-state index in [9.17, 15) is 37.5 Å². The summed E-state index contributed by atoms with van der Waals surface area (Å²) in [7, 11) is 1.80. The van der Waals surface area contributed by atoms with Gasteiger partial charge in [-0.2, -0.15) is 18.3 Å². The van der Waals surface area contributed by atoms with E-state index in [0.717, 1.165) is 71.3 Å². The summed E-state index contributed by atoms with van der Waals surface area (Å²) in [5.74, 6) is -1.87. The number of fused-ring (bicyclic) bond motifs is 3. The highest BCUT2D eigenvalue weighted by Gasteiger charge is 2.37. The molecule has 1 unspecified atom stereocenters. The molecular formula is C54H51F3N10O7S. The van der Waals surface area contributed by atoms with Gasteiger partial charge in [-0.15, -0.1) is 0 Å². The van der Waals surface area contributed by atoms with E-state index < -0.39 is 35.4 Å². The monoisotopic (exact) mass is 1040 g/mol. The largest absolute Gasteiger partial charge is 0.486 e. The zero-order valence-electron chi connectivity index (χ0n) is 40.7. The minimum Gasteiger partial charge on any atom is -0.486 e. The molecule has 4 aliphatic rings. The minimum absolute atomic E-state index is 0.0111. The van der Waals surface area contributed by atoms with E-state index in [1.165, 1.54) is 35.6 Å². The number of pyridine rings is 2. The van der Waals surface area contributed by atoms with Crippen molar-refractivity contribution in [3.05, 3.63) is 131 Å². The van der Waals surface area contributed by atoms with Crippen LogP contribution < -0.4 is 25.2 Å². The predicted molar refractivity (Wildman–Crippen MR) is 275 cm³/mol. The Morgan fingerprint density at radius 2 is 1.61 bits per heavy atom. The first-order valence-corrected chi connectivity index (χ1v) is 25.6. The van der Waals surface area contributed by atoms with Crippen molar-refractivity contribution in [1.82, 2.24) is 34.9 Å². The number of rotatable bonds is 13. The number of carbonyl (C=O) groups excluding carboxylic acids is 3. The van der Waals surface area contributed by atoms with E-state index in [1.807, 2.05) is 59.5 Å². The zero-order valence-corrected chi connectivity index (χ0v) is 41.5. The molecular weight excluding hydrogens is 990 g/mol. The number of nitrogens with zero attached hydrogens (tertiary/aromatic N) is 8. The number of carboxylic acids is 1. The number of para-hydroxylation sites is 1. The Hall–Kier alpha value is -7.75. The van der Waals surface area contributed by atoms with E-state index in [1.54, 1.807) is 23.9 Å². The van der Waals surface area contributed by atoms with E-state index >= 15 is 0 Å². The number of hydrogen-bond donors (Lipinski definition) is 3. The molecule has 3 amide bonds. The van der Waals surface area contributed by atoms with Crippen LogP contribution in [0, 0.1) is 0 Å². The second-order valence-corrected chi connectivity index (χ2v) is 20.1. The number of ether oxygens (including phenoxy) is 2. The third-order valence-corrected chi connectivity index (χ3v) is 15.2. The Morgan fingerprint density at radius 1 is 0.840 bits per heavy atom. The van der Waals surface area contributed by atoms with Crippen LogP contribution in [-0.2, 0) is 40.5 Å². The van der Waals surface area contributed by atoms with Gasteiger partial charge in [-0.25, -0.2) is 19.7 Å². The normalized spacial score (nSPS) is 19.3. The molecule has 11 rings (SSSR count). The molecule has 21 heteroatoms. The first-order chi connectivity index (χ1) is 36.2. The van der Waals surface area contributed by atoms with Crippen molar-refractivity contribution in [2.45, 2.75) is 63.0 Å². The number of benzene rings is 3. The van der Waals surface area contributed by atoms with Gasteiger partial charge >= 0.3 is 12.1 Å². The lowest BCUT2D eigenvalue weighted by Gasteiger charge is -2.35. The number of nitrogens with one attached hydrogen (secondary N) is 2. The van der Waals surface area contributed by atoms with Gasteiger partial charge in [0.05, 0.1) is 40.1 Å². The van der Waals surface area contributed by atoms with Crippen LogP contribution in [-0.4, -0.2) is 117 Å². The Bertz CT molecular complexity index is 3380. The number of aromatic carboxylic acids is 1. The van der Waals surface area contributed by atoms with Gasteiger partial charge in [0.25, 0.3) is 5.91 Å². The van der Waals surface area contributed by atoms with E-state index in [2.05, 4.69) is 35.5 Å². The van der Waals surface area contributed by atoms with Gasteiger partial charge in [0.2, 0.25) is 11.8 Å². The van der Waals surface area contributed by atoms with Crippen molar-refractivity contribution >= 4 is 73.0 Å². The van der Waals surface area contributed by atoms with Crippen LogP contribution in [0.2, 0.25) is 0 Å². The Balaban J connectivity index is 0.690. The Morgan fingerprint density at radius 3 is 2.39 bits per heavy atom. The number of piperidine rings is 1. The molecule has 7 aromatic rings. The molecule has 3 atom stereocenters. The summed E-state index contributed by atoms with van der Waals surface area (Å²) in [6.45, 7) is 4.98. The van der Waals surface area contributed by atoms with Crippen LogP contribution in [0.3, 0.4) is 0 Å². The highest BCUT2D eigenvalue weighted by atomic mass is 32.1. The number of aromatic nitrogens is 5. The molecule has 0 radical (unpaired) electrons. The molecule has 1 aliphatic carbocycles. The third-order valence-electron chi connectivity index (χ3n) is 14.3. The fraction of sp³-hybridized carbons (Fsp3) is 0.333. The number of hydrogen-bond acceptors (Lipinski definition) is 14. The molecule has 7 heterocycles. The topological polar surface area (TPSA) is 197 Å². The molecule has 2 saturated heterocycles. The van der Waals surface area contributed by atoms with Gasteiger partial charge in [0.15, 0.2) is 16.5 Å². The van der Waals surface area contributed by atoms with Gasteiger partial charge in [-0.3, -0.25) is 34.6 Å². The van der Waals surface area contributed by atoms with Crippen molar-refractivity contribution in [1.29, 1.82) is 0 Å². The van der Waals surface area contributed by atoms with Gasteiger partial charge < -0.3 is 24.4 Å². The average Bonchev–Trinajstić information content (AvgIpc) is 3.98. The average molecular weight is 1040 g/mol. The second-order valence-electron chi connectivity index (χ2n) is 19.0. The number of piperazine rings is 1. The molecule has 0 bridgehead atoms. The standard InChI is InChI=1S/C54H51F3N10O7S/c1-64-49-38(47(63-64)39-17-20-46(68)61-51(39)70)16-19-45(60-49)66-25-23-65(24-26-66)27-28-73-32-9-11-33(12-10-32)74-34-13-14-35(41(29-34)54(55,56)57)36-15-18-44(59-48(36)52(71)72)67-22-21-31-5-4-6-37(40(31)30-67)50(69)62-53-58-42-7-2-3-8-43(42)75-53/h2-9,11,13-16,18-19,29,32-33,39H,10,12,17,20-28,30H2,1H3,(H,71,72)(H,58,62,69)(H,61,68,70)/t32-,33-,39?/m1/s1. The molecule has 3 aliphatic heterocycles. The van der Waals surface area contributed by atoms with Crippen molar-refractivity contribution in [3.8, 4) is 16.9 Å². The summed E-state index contributed by atoms with van der Waals surface area (Å²) in [6, 6.07) is 23.3. The number of carbonyl (C=O) groups is 4. The highest BCUT2D eigenvalue weighted by molar-refractivity contribution is 7.22. The molecule has 75 heavy (non-hydrogen) atoms. The number of aryl methyl sites for hydroxylation is 1. The van der Waals surface area contributed by atoms with Crippen molar-refractivity contribution in [2.24, 2.45) is 7.05 Å². The quantitative estimate of drug-likeness (QED) is 0.0742. The van der Waals surface area contributed by atoms with Crippen molar-refractivity contribution in [2.75, 3.05) is 61.0 Å². The fourth-order valence-electron chi connectivity index (χ4n) is 10.4. The molecule has 3 N–H and O–H groups in total. The first-order valence-electron chi connectivity index (χ1n) is 24.8. The summed E-state index contributed by atoms with van der Waals surface area (Å²) in [6.07, 6.45) is 0.471. The lowest BCUT2D eigenvalue weighted by atomic mass is 9.93. The number of carboxylic acid groups (broad SMARTS) is 1. The maximum Gasteiger partial charge on any atom is 0.417 e. The fourth-order valence-corrected chi connectivity index (χ4v) is 11.3. The van der Waals surface area contributed by atoms with Crippen LogP contribution in [0.1, 0.15) is 74.8 Å². The maximum absolute atomic E-state index is 14.8. The molecule has 3 aromatic carbocycles. The second kappa shape index (κ2) is 20.5. The first kappa shape index (κ1) is 49.5. The molecule has 4 aromatic heterocycles. The SMILES string of the molecule is Cn1nc(C2CCC(=O)NC2=O)c2ccc(N3CCN(CCO[C@@H]4C=C[C@@H](Oc5ccc(-c6ccc(N7CCc8cccc(C(=O)Nc9nc%10ccccc%10s9)c8C7)nc6C(=O)O)c(C(F)(F)F)c5)CC4)CC3)nc21. The zero-order chi connectivity index (χ0) is 52.0. The molecule has 0 spiro atoms. The summed E-state index contributed by atoms with van der Waals surface area (Å²) in [5, 5.41) is 21.5. The van der Waals surface area contributed by atoms with Crippen LogP contribution in [0.5, 0.6) is 5.75 Å². The van der Waals surface area contributed by atoms with Crippen molar-refractivity contribution < 1.29 is 46.9 Å². The molecule has 17 nitrogen and oxygen atoms in total. The lowest BCUT2D eigenvalue weighted by molar-refractivity contribution is -0.137. The predicted octanol–water partition coefficient (Wildman–Crippen LogP) is 8.00. The number of alkyl halides is 3. The van der Waals surface area contributed by atoms with Gasteiger partial charge in [0.1, 0.15) is 23.5 Å². The van der Waals surface area contributed by atoms with Crippen LogP contribution in [0.15, 0.2) is 97.1 Å². The maximum atomic E-state index is 14.8. The smallest absolute Gasteiger partial charge is 0.417 e. The summed E-state index contributed by atoms with van der Waals surface area (Å²) < 4.78 is 59.4. The molecule has 2 fully saturated rings. The van der Waals surface area contributed by atoms with E-state index in [-0.39, 0.29) is 59.5 Å². The van der Waals surface area contributed by atoms with Gasteiger partial charge in [-0.05, 0) is 103 Å². The number of thiazole rings is 1. The van der Waals surface area contributed by atoms with Crippen LogP contribution in [0.4, 0.5) is 29.9 Å². The molecule has 0 saturated carbocycles. The summed E-state index contributed by atoms with van der Waals surface area (Å²) >= 11 is 1.36. The third kappa shape index (κ3) is 10.4. The summed E-state index contributed by atoms with van der Waals surface area (Å²) in [4.78, 5) is 70.8. The minimum atomic E-state index is -4.85. The number of anilines is 3.